The third-order valence-corrected chi connectivity index (χ3v) is 2.66. The van der Waals surface area contributed by atoms with Crippen LogP contribution >= 0.6 is 0 Å². The Morgan fingerprint density at radius 1 is 1.33 bits per heavy atom. The number of carbonyl (C=O) groups excluding carboxylic acids is 2. The van der Waals surface area contributed by atoms with Crippen LogP contribution in [0.2, 0.25) is 0 Å². The summed E-state index contributed by atoms with van der Waals surface area (Å²) >= 11 is 0. The molecule has 0 amide bonds. The summed E-state index contributed by atoms with van der Waals surface area (Å²) in [6.07, 6.45) is 0.856. The molecule has 0 aromatic carbocycles. The highest BCUT2D eigenvalue weighted by Crippen LogP contribution is 2.23. The van der Waals surface area contributed by atoms with Crippen molar-refractivity contribution in [3.8, 4) is 5.95 Å². The van der Waals surface area contributed by atoms with Crippen LogP contribution in [0.4, 0.5) is 0 Å². The lowest BCUT2D eigenvalue weighted by Gasteiger charge is -2.01. The lowest BCUT2D eigenvalue weighted by atomic mass is 10.2. The Morgan fingerprint density at radius 3 is 2.67 bits per heavy atom. The van der Waals surface area contributed by atoms with Crippen molar-refractivity contribution in [2.75, 3.05) is 14.2 Å². The summed E-state index contributed by atoms with van der Waals surface area (Å²) < 4.78 is 15.2. The summed E-state index contributed by atoms with van der Waals surface area (Å²) in [5, 5.41) is 16.0. The van der Waals surface area contributed by atoms with E-state index < -0.39 is 17.9 Å². The number of carbonyl (C=O) groups is 2. The number of ether oxygens (including phenoxy) is 2. The van der Waals surface area contributed by atoms with Gasteiger partial charge in [-0.25, -0.2) is 9.59 Å². The van der Waals surface area contributed by atoms with E-state index in [4.69, 9.17) is 4.42 Å². The highest BCUT2D eigenvalue weighted by Gasteiger charge is 2.29. The van der Waals surface area contributed by atoms with Gasteiger partial charge in [0.2, 0.25) is 0 Å². The number of hydrogen-bond donors (Lipinski definition) is 0. The van der Waals surface area contributed by atoms with Crippen molar-refractivity contribution in [1.29, 1.82) is 0 Å². The topological polar surface area (TPSA) is 106 Å². The molecule has 0 aliphatic rings. The van der Waals surface area contributed by atoms with Crippen LogP contribution in [-0.2, 0) is 19.1 Å². The van der Waals surface area contributed by atoms with E-state index in [1.165, 1.54) is 6.07 Å². The molecule has 8 heteroatoms. The summed E-state index contributed by atoms with van der Waals surface area (Å²) in [6, 6.07) is 3.17. The minimum Gasteiger partial charge on any atom is -0.540 e. The van der Waals surface area contributed by atoms with Crippen molar-refractivity contribution in [1.82, 2.24) is 5.10 Å². The maximum atomic E-state index is 12.0. The van der Waals surface area contributed by atoms with Crippen LogP contribution in [0.25, 0.3) is 11.3 Å². The number of rotatable bonds is 3. The van der Waals surface area contributed by atoms with Gasteiger partial charge in [-0.1, -0.05) is 0 Å². The Bertz CT molecular complexity index is 746. The van der Waals surface area contributed by atoms with E-state index in [9.17, 15) is 14.7 Å². The van der Waals surface area contributed by atoms with Gasteiger partial charge in [-0.05, 0) is 17.5 Å². The Balaban J connectivity index is 2.73. The van der Waals surface area contributed by atoms with Gasteiger partial charge < -0.3 is 19.0 Å². The number of aryl methyl sites for hydroxylation is 1. The zero-order valence-corrected chi connectivity index (χ0v) is 11.6. The Morgan fingerprint density at radius 2 is 2.05 bits per heavy atom. The quantitative estimate of drug-likeness (QED) is 0.427. The largest absolute Gasteiger partial charge is 0.540 e. The monoisotopic (exact) mass is 292 g/mol. The van der Waals surface area contributed by atoms with Gasteiger partial charge in [0.05, 0.1) is 14.2 Å². The van der Waals surface area contributed by atoms with Crippen molar-refractivity contribution in [2.24, 2.45) is 0 Å². The standard InChI is InChI=1S/C13H12N2O6/c1-7-4-5-9-15(14-7)11(13(18)21-9)8(12(17)20-3)6-10(16)19-2/h4-6H,1-3H3. The molecule has 0 bridgehead atoms. The van der Waals surface area contributed by atoms with E-state index in [1.54, 1.807) is 13.0 Å². The lowest BCUT2D eigenvalue weighted by Crippen LogP contribution is -2.31. The molecule has 0 saturated heterocycles. The summed E-state index contributed by atoms with van der Waals surface area (Å²) in [6.45, 7) is 1.70. The third-order valence-electron chi connectivity index (χ3n) is 2.66. The van der Waals surface area contributed by atoms with Crippen molar-refractivity contribution >= 4 is 23.2 Å². The fourth-order valence-electron chi connectivity index (χ4n) is 1.70. The van der Waals surface area contributed by atoms with E-state index in [0.29, 0.717) is 5.69 Å². The molecular formula is C13H12N2O6. The average Bonchev–Trinajstić information content (AvgIpc) is 2.79. The summed E-state index contributed by atoms with van der Waals surface area (Å²) in [4.78, 5) is 23.2. The summed E-state index contributed by atoms with van der Waals surface area (Å²) in [7, 11) is 2.28. The molecule has 0 atom stereocenters. The van der Waals surface area contributed by atoms with E-state index in [2.05, 4.69) is 14.6 Å². The molecule has 110 valence electrons. The van der Waals surface area contributed by atoms with Gasteiger partial charge in [0.25, 0.3) is 11.4 Å². The van der Waals surface area contributed by atoms with Gasteiger partial charge >= 0.3 is 11.9 Å². The second-order valence-electron chi connectivity index (χ2n) is 4.04. The van der Waals surface area contributed by atoms with E-state index >= 15 is 0 Å². The van der Waals surface area contributed by atoms with Gasteiger partial charge in [-0.3, -0.25) is 0 Å². The SMILES string of the molecule is COC(=O)/C=C(/C(=O)OC)c1c([O-])oc2ccc(C)n[n+]12. The lowest BCUT2D eigenvalue weighted by molar-refractivity contribution is -0.586. The second-order valence-corrected chi connectivity index (χ2v) is 4.04. The number of nitrogens with zero attached hydrogens (tertiary/aromatic N) is 2. The van der Waals surface area contributed by atoms with Crippen LogP contribution in [0.5, 0.6) is 5.95 Å². The maximum Gasteiger partial charge on any atom is 0.345 e. The van der Waals surface area contributed by atoms with E-state index in [1.807, 2.05) is 0 Å². The minimum absolute atomic E-state index is 0.139. The Kier molecular flexibility index (Phi) is 3.88. The number of aromatic nitrogens is 2. The Labute approximate surface area is 119 Å². The summed E-state index contributed by atoms with van der Waals surface area (Å²) in [5.74, 6) is -2.50. The molecule has 0 aliphatic heterocycles. The molecule has 0 fully saturated rings. The average molecular weight is 292 g/mol. The Hall–Kier alpha value is -2.90. The fraction of sp³-hybridized carbons (Fsp3) is 0.231. The molecule has 2 rings (SSSR count). The smallest absolute Gasteiger partial charge is 0.345 e. The third kappa shape index (κ3) is 2.69. The molecule has 2 heterocycles. The first kappa shape index (κ1) is 14.5. The van der Waals surface area contributed by atoms with Gasteiger partial charge in [0.1, 0.15) is 17.2 Å². The molecule has 0 aliphatic carbocycles. The van der Waals surface area contributed by atoms with Crippen LogP contribution in [0.1, 0.15) is 11.4 Å². The van der Waals surface area contributed by atoms with Crippen molar-refractivity contribution in [3.63, 3.8) is 0 Å². The highest BCUT2D eigenvalue weighted by atomic mass is 16.5. The van der Waals surface area contributed by atoms with Crippen LogP contribution in [0.15, 0.2) is 22.6 Å². The molecule has 2 aromatic heterocycles. The number of hydrogen-bond acceptors (Lipinski definition) is 7. The second kappa shape index (κ2) is 5.61. The minimum atomic E-state index is -0.879. The molecule has 0 saturated carbocycles. The normalized spacial score (nSPS) is 11.5. The van der Waals surface area contributed by atoms with Gasteiger partial charge in [-0.15, -0.1) is 0 Å². The first-order chi connectivity index (χ1) is 9.97. The van der Waals surface area contributed by atoms with Crippen LogP contribution in [0, 0.1) is 6.92 Å². The molecule has 21 heavy (non-hydrogen) atoms. The van der Waals surface area contributed by atoms with Gasteiger partial charge in [0.15, 0.2) is 0 Å². The molecule has 0 unspecified atom stereocenters. The van der Waals surface area contributed by atoms with Gasteiger partial charge in [-0.2, -0.15) is 0 Å². The fourth-order valence-corrected chi connectivity index (χ4v) is 1.70. The number of methoxy groups -OCH3 is 2. The highest BCUT2D eigenvalue weighted by molar-refractivity contribution is 6.20. The number of esters is 2. The molecule has 8 nitrogen and oxygen atoms in total. The molecule has 0 spiro atoms. The first-order valence-electron chi connectivity index (χ1n) is 5.85. The number of fused-ring (bicyclic) bond motifs is 1. The first-order valence-corrected chi connectivity index (χ1v) is 5.85. The van der Waals surface area contributed by atoms with Crippen LogP contribution in [-0.4, -0.2) is 31.3 Å². The predicted molar refractivity (Wildman–Crippen MR) is 65.9 cm³/mol. The summed E-state index contributed by atoms with van der Waals surface area (Å²) in [5.41, 5.74) is 0.235. The van der Waals surface area contributed by atoms with Crippen LogP contribution < -0.4 is 9.62 Å². The van der Waals surface area contributed by atoms with Crippen molar-refractivity contribution < 1.29 is 33.1 Å². The maximum absolute atomic E-state index is 12.0. The molecule has 0 radical (unpaired) electrons. The number of oxazole rings is 1. The van der Waals surface area contributed by atoms with E-state index in [-0.39, 0.29) is 17.0 Å². The molecular weight excluding hydrogens is 280 g/mol. The predicted octanol–water partition coefficient (Wildman–Crippen LogP) is -0.475. The van der Waals surface area contributed by atoms with Crippen molar-refractivity contribution in [3.05, 3.63) is 29.6 Å². The van der Waals surface area contributed by atoms with Gasteiger partial charge in [0, 0.05) is 17.2 Å². The molecule has 2 aromatic rings. The zero-order chi connectivity index (χ0) is 15.6. The van der Waals surface area contributed by atoms with E-state index in [0.717, 1.165) is 24.8 Å². The molecule has 0 N–H and O–H groups in total. The van der Waals surface area contributed by atoms with Crippen molar-refractivity contribution in [2.45, 2.75) is 6.92 Å². The zero-order valence-electron chi connectivity index (χ0n) is 11.6. The van der Waals surface area contributed by atoms with Crippen LogP contribution in [0.3, 0.4) is 0 Å².